The van der Waals surface area contributed by atoms with Crippen LogP contribution in [0.5, 0.6) is 0 Å². The molecule has 0 saturated heterocycles. The van der Waals surface area contributed by atoms with E-state index in [0.717, 1.165) is 24.1 Å². The van der Waals surface area contributed by atoms with Crippen LogP contribution in [0.3, 0.4) is 0 Å². The highest BCUT2D eigenvalue weighted by Gasteiger charge is 2.37. The molecule has 3 radical (unpaired) electrons. The number of fused-ring (bicyclic) bond motifs is 1. The largest absolute Gasteiger partial charge is 0.444 e. The molecule has 1 aromatic rings. The minimum atomic E-state index is -0.864. The number of carbonyl (C=O) groups is 2. The lowest BCUT2D eigenvalue weighted by Gasteiger charge is -2.33. The van der Waals surface area contributed by atoms with E-state index in [1.807, 2.05) is 24.3 Å². The van der Waals surface area contributed by atoms with Gasteiger partial charge in [-0.1, -0.05) is 25.5 Å². The molecule has 2 amide bonds. The summed E-state index contributed by atoms with van der Waals surface area (Å²) < 4.78 is 5.29. The molecule has 2 rings (SSSR count). The minimum Gasteiger partial charge on any atom is -0.444 e. The Kier molecular flexibility index (Phi) is 9.00. The van der Waals surface area contributed by atoms with Crippen molar-refractivity contribution in [3.8, 4) is 0 Å². The Labute approximate surface area is 208 Å². The molecule has 0 saturated carbocycles. The fraction of sp³-hybridized carbons (Fsp3) is 0.538. The summed E-state index contributed by atoms with van der Waals surface area (Å²) in [6.45, 7) is 13.5. The lowest BCUT2D eigenvalue weighted by Crippen LogP contribution is -2.55. The van der Waals surface area contributed by atoms with Crippen LogP contribution in [0.2, 0.25) is 0 Å². The van der Waals surface area contributed by atoms with Crippen molar-refractivity contribution in [2.24, 2.45) is 0 Å². The van der Waals surface area contributed by atoms with Crippen molar-refractivity contribution in [2.75, 3.05) is 25.5 Å². The summed E-state index contributed by atoms with van der Waals surface area (Å²) in [6.07, 6.45) is 7.91. The topological polar surface area (TPSA) is 73.9 Å². The molecule has 34 heavy (non-hydrogen) atoms. The van der Waals surface area contributed by atoms with E-state index >= 15 is 0 Å². The number of ether oxygens (including phenoxy) is 1. The standard InChI is InChI=1S/C26H39N4O3Si/c1-9-11-12-15-29(7)23-19(10-2)20-16-18(13-14-21(20)30(23)8)22(31)27-17-26(6,34)28-24(32)33-25(3,4)5/h10,12-16,19,23H,2,9,11,17H2,1,3-8H3,(H,27,31)(H,28,32)/b15-12-/t19?,23?,26-/m0/s1. The third-order valence-electron chi connectivity index (χ3n) is 5.59. The number of nitrogens with one attached hydrogen (secondary N) is 2. The third kappa shape index (κ3) is 7.13. The Bertz CT molecular complexity index is 923. The van der Waals surface area contributed by atoms with Crippen LogP contribution in [0, 0.1) is 0 Å². The van der Waals surface area contributed by atoms with E-state index in [9.17, 15) is 9.59 Å². The zero-order valence-corrected chi connectivity index (χ0v) is 22.6. The van der Waals surface area contributed by atoms with Gasteiger partial charge in [0.1, 0.15) is 11.8 Å². The second-order valence-electron chi connectivity index (χ2n) is 10.0. The Morgan fingerprint density at radius 2 is 1.97 bits per heavy atom. The molecule has 3 atom stereocenters. The summed E-state index contributed by atoms with van der Waals surface area (Å²) in [7, 11) is 7.65. The van der Waals surface area contributed by atoms with E-state index in [1.54, 1.807) is 27.7 Å². The number of anilines is 1. The molecule has 0 fully saturated rings. The molecule has 0 bridgehead atoms. The molecule has 2 unspecified atom stereocenters. The summed E-state index contributed by atoms with van der Waals surface area (Å²) in [5, 5.41) is 4.76. The fourth-order valence-corrected chi connectivity index (χ4v) is 4.22. The lowest BCUT2D eigenvalue weighted by molar-refractivity contribution is 0.0493. The number of unbranched alkanes of at least 4 members (excludes halogenated alkanes) is 1. The van der Waals surface area contributed by atoms with Crippen molar-refractivity contribution >= 4 is 27.9 Å². The maximum Gasteiger partial charge on any atom is 0.407 e. The second-order valence-corrected chi connectivity index (χ2v) is 11.1. The molecule has 2 N–H and O–H groups in total. The summed E-state index contributed by atoms with van der Waals surface area (Å²) in [4.78, 5) is 29.4. The van der Waals surface area contributed by atoms with Gasteiger partial charge in [-0.05, 0) is 64.1 Å². The zero-order valence-electron chi connectivity index (χ0n) is 21.6. The van der Waals surface area contributed by atoms with Gasteiger partial charge in [-0.2, -0.15) is 0 Å². The number of allylic oxidation sites excluding steroid dienone is 1. The van der Waals surface area contributed by atoms with Gasteiger partial charge >= 0.3 is 6.09 Å². The number of carbonyl (C=O) groups excluding carboxylic acids is 2. The van der Waals surface area contributed by atoms with Crippen LogP contribution in [-0.2, 0) is 4.74 Å². The van der Waals surface area contributed by atoms with E-state index in [0.29, 0.717) is 5.56 Å². The van der Waals surface area contributed by atoms with E-state index in [-0.39, 0.29) is 24.5 Å². The van der Waals surface area contributed by atoms with Gasteiger partial charge in [-0.15, -0.1) is 6.58 Å². The molecule has 7 nitrogen and oxygen atoms in total. The molecule has 0 aromatic heterocycles. The van der Waals surface area contributed by atoms with Gasteiger partial charge in [-0.25, -0.2) is 4.79 Å². The van der Waals surface area contributed by atoms with E-state index < -0.39 is 16.9 Å². The SMILES string of the molecule is C=CC1c2cc(C(=O)NC[C@](C)([Si])NC(=O)OC(C)(C)C)ccc2N(C)C1N(C)/C=C\CCC. The molecular formula is C26H39N4O3Si. The molecule has 1 aliphatic rings. The van der Waals surface area contributed by atoms with Crippen LogP contribution in [-0.4, -0.2) is 64.7 Å². The maximum absolute atomic E-state index is 12.9. The fourth-order valence-electron chi connectivity index (χ4n) is 4.03. The predicted molar refractivity (Wildman–Crippen MR) is 139 cm³/mol. The predicted octanol–water partition coefficient (Wildman–Crippen LogP) is 4.12. The Hall–Kier alpha value is -2.74. The summed E-state index contributed by atoms with van der Waals surface area (Å²) in [5.74, 6) is -0.165. The van der Waals surface area contributed by atoms with E-state index in [1.165, 1.54) is 0 Å². The molecule has 185 valence electrons. The third-order valence-corrected chi connectivity index (χ3v) is 5.90. The van der Waals surface area contributed by atoms with Crippen molar-refractivity contribution in [2.45, 2.75) is 70.3 Å². The lowest BCUT2D eigenvalue weighted by atomic mass is 9.96. The van der Waals surface area contributed by atoms with Crippen LogP contribution in [0.4, 0.5) is 10.5 Å². The number of nitrogens with zero attached hydrogens (tertiary/aromatic N) is 2. The first-order valence-electron chi connectivity index (χ1n) is 11.7. The molecule has 1 heterocycles. The Morgan fingerprint density at radius 3 is 2.56 bits per heavy atom. The van der Waals surface area contributed by atoms with Gasteiger partial charge in [0.05, 0.1) is 10.2 Å². The number of hydrogen-bond donors (Lipinski definition) is 2. The number of alkyl carbamates (subject to hydrolysis) is 1. The summed E-state index contributed by atoms with van der Waals surface area (Å²) in [6, 6.07) is 5.74. The average Bonchev–Trinajstić information content (AvgIpc) is 3.01. The highest BCUT2D eigenvalue weighted by molar-refractivity contribution is 6.16. The van der Waals surface area contributed by atoms with Gasteiger partial charge in [-0.3, -0.25) is 4.79 Å². The maximum atomic E-state index is 12.9. The van der Waals surface area contributed by atoms with Gasteiger partial charge in [0.2, 0.25) is 0 Å². The van der Waals surface area contributed by atoms with Crippen molar-refractivity contribution in [1.29, 1.82) is 0 Å². The molecule has 8 heteroatoms. The van der Waals surface area contributed by atoms with Crippen LogP contribution in [0.1, 0.15) is 69.3 Å². The van der Waals surface area contributed by atoms with E-state index in [4.69, 9.17) is 4.74 Å². The van der Waals surface area contributed by atoms with Crippen LogP contribution in [0.15, 0.2) is 43.1 Å². The first-order chi connectivity index (χ1) is 15.8. The highest BCUT2D eigenvalue weighted by atomic mass is 28.1. The van der Waals surface area contributed by atoms with Gasteiger partial charge < -0.3 is 25.2 Å². The molecule has 0 aliphatic carbocycles. The Balaban J connectivity index is 2.11. The van der Waals surface area contributed by atoms with Crippen LogP contribution < -0.4 is 15.5 Å². The first-order valence-corrected chi connectivity index (χ1v) is 12.2. The van der Waals surface area contributed by atoms with Gasteiger partial charge in [0.25, 0.3) is 5.91 Å². The normalized spacial score (nSPS) is 19.4. The average molecular weight is 484 g/mol. The van der Waals surface area contributed by atoms with Gasteiger partial charge in [0.15, 0.2) is 0 Å². The molecule has 1 aromatic carbocycles. The zero-order chi connectivity index (χ0) is 25.7. The smallest absolute Gasteiger partial charge is 0.407 e. The second kappa shape index (κ2) is 11.1. The number of hydrogen-bond acceptors (Lipinski definition) is 5. The first kappa shape index (κ1) is 27.5. The van der Waals surface area contributed by atoms with Crippen molar-refractivity contribution in [1.82, 2.24) is 15.5 Å². The summed E-state index contributed by atoms with van der Waals surface area (Å²) >= 11 is 0. The van der Waals surface area contributed by atoms with Crippen molar-refractivity contribution < 1.29 is 14.3 Å². The highest BCUT2D eigenvalue weighted by Crippen LogP contribution is 2.42. The number of amides is 2. The summed E-state index contributed by atoms with van der Waals surface area (Å²) in [5.41, 5.74) is 2.10. The molecule has 1 aliphatic heterocycles. The van der Waals surface area contributed by atoms with Crippen molar-refractivity contribution in [3.63, 3.8) is 0 Å². The monoisotopic (exact) mass is 483 g/mol. The number of rotatable bonds is 9. The molecule has 0 spiro atoms. The minimum absolute atomic E-state index is 0.0546. The van der Waals surface area contributed by atoms with E-state index in [2.05, 4.69) is 70.5 Å². The Morgan fingerprint density at radius 1 is 1.29 bits per heavy atom. The van der Waals surface area contributed by atoms with Crippen LogP contribution in [0.25, 0.3) is 0 Å². The van der Waals surface area contributed by atoms with Gasteiger partial charge in [0, 0.05) is 43.0 Å². The van der Waals surface area contributed by atoms with Crippen molar-refractivity contribution in [3.05, 3.63) is 54.3 Å². The number of likely N-dealkylation sites (N-methyl/N-ethyl adjacent to an activating group) is 2. The quantitative estimate of drug-likeness (QED) is 0.408. The molecular weight excluding hydrogens is 444 g/mol. The van der Waals surface area contributed by atoms with Crippen LogP contribution >= 0.6 is 0 Å². The number of benzene rings is 1.